The van der Waals surface area contributed by atoms with Crippen LogP contribution >= 0.6 is 34.3 Å². The van der Waals surface area contributed by atoms with E-state index in [1.54, 1.807) is 23.5 Å². The Morgan fingerprint density at radius 3 is 2.63 bits per heavy atom. The standard InChI is InChI=1S/C20H18ClN3OS2/c1-24-11-10-22-20(24)14-4-2-13(3-5-14)15-12-26-19(23-15)9-6-16(25)17-7-8-18(21)27-17/h2-5,7-8,12H,6,9-11H2,1H3. The summed E-state index contributed by atoms with van der Waals surface area (Å²) in [5, 5.41) is 3.03. The van der Waals surface area contributed by atoms with Gasteiger partial charge < -0.3 is 4.90 Å². The smallest absolute Gasteiger partial charge is 0.173 e. The van der Waals surface area contributed by atoms with E-state index in [-0.39, 0.29) is 5.78 Å². The number of aliphatic imine (C=N–C) groups is 1. The minimum absolute atomic E-state index is 0.120. The molecule has 4 nitrogen and oxygen atoms in total. The third kappa shape index (κ3) is 4.13. The number of aromatic nitrogens is 1. The summed E-state index contributed by atoms with van der Waals surface area (Å²) in [5.74, 6) is 1.17. The second-order valence-corrected chi connectivity index (χ2v) is 9.02. The highest BCUT2D eigenvalue weighted by atomic mass is 35.5. The lowest BCUT2D eigenvalue weighted by atomic mass is 10.1. The maximum absolute atomic E-state index is 12.2. The van der Waals surface area contributed by atoms with E-state index in [1.165, 1.54) is 11.3 Å². The van der Waals surface area contributed by atoms with Crippen LogP contribution in [0.2, 0.25) is 4.34 Å². The second-order valence-electron chi connectivity index (χ2n) is 6.36. The number of Topliss-reactive ketones (excluding diaryl/α,β-unsaturated/α-hetero) is 1. The van der Waals surface area contributed by atoms with Gasteiger partial charge in [-0.3, -0.25) is 9.79 Å². The molecule has 138 valence electrons. The predicted molar refractivity (Wildman–Crippen MR) is 114 cm³/mol. The summed E-state index contributed by atoms with van der Waals surface area (Å²) in [5.41, 5.74) is 3.17. The molecule has 0 spiro atoms. The van der Waals surface area contributed by atoms with Gasteiger partial charge in [-0.05, 0) is 12.1 Å². The Balaban J connectivity index is 1.41. The van der Waals surface area contributed by atoms with E-state index in [0.29, 0.717) is 22.1 Å². The number of thiophene rings is 1. The van der Waals surface area contributed by atoms with Crippen molar-refractivity contribution in [1.82, 2.24) is 9.88 Å². The van der Waals surface area contributed by atoms with Crippen molar-refractivity contribution >= 4 is 45.9 Å². The monoisotopic (exact) mass is 415 g/mol. The second kappa shape index (κ2) is 7.92. The molecule has 1 aliphatic heterocycles. The molecule has 0 fully saturated rings. The molecule has 27 heavy (non-hydrogen) atoms. The van der Waals surface area contributed by atoms with Crippen molar-refractivity contribution in [3.8, 4) is 11.3 Å². The fourth-order valence-electron chi connectivity index (χ4n) is 3.00. The molecule has 2 aromatic heterocycles. The van der Waals surface area contributed by atoms with E-state index in [9.17, 15) is 4.79 Å². The normalized spacial score (nSPS) is 13.9. The summed E-state index contributed by atoms with van der Waals surface area (Å²) in [4.78, 5) is 24.3. The first-order chi connectivity index (χ1) is 13.1. The quantitative estimate of drug-likeness (QED) is 0.530. The molecule has 0 amide bonds. The number of hydrogen-bond acceptors (Lipinski definition) is 6. The van der Waals surface area contributed by atoms with Gasteiger partial charge in [0.05, 0.1) is 26.5 Å². The summed E-state index contributed by atoms with van der Waals surface area (Å²) >= 11 is 8.83. The molecule has 7 heteroatoms. The number of carbonyl (C=O) groups is 1. The fourth-order valence-corrected chi connectivity index (χ4v) is 4.82. The van der Waals surface area contributed by atoms with Crippen LogP contribution in [0.1, 0.15) is 26.7 Å². The third-order valence-electron chi connectivity index (χ3n) is 4.46. The predicted octanol–water partition coefficient (Wildman–Crippen LogP) is 5.03. The summed E-state index contributed by atoms with van der Waals surface area (Å²) < 4.78 is 0.646. The Morgan fingerprint density at radius 2 is 1.96 bits per heavy atom. The van der Waals surface area contributed by atoms with Crippen LogP contribution in [0.15, 0.2) is 46.8 Å². The van der Waals surface area contributed by atoms with Gasteiger partial charge in [0.1, 0.15) is 5.84 Å². The lowest BCUT2D eigenvalue weighted by Gasteiger charge is -2.13. The van der Waals surface area contributed by atoms with E-state index in [2.05, 4.69) is 46.6 Å². The zero-order valence-electron chi connectivity index (χ0n) is 14.8. The Morgan fingerprint density at radius 1 is 1.19 bits per heavy atom. The van der Waals surface area contributed by atoms with Crippen molar-refractivity contribution < 1.29 is 4.79 Å². The van der Waals surface area contributed by atoms with Crippen molar-refractivity contribution in [2.75, 3.05) is 20.1 Å². The first-order valence-corrected chi connectivity index (χ1v) is 10.8. The van der Waals surface area contributed by atoms with Gasteiger partial charge in [-0.2, -0.15) is 0 Å². The van der Waals surface area contributed by atoms with Crippen molar-refractivity contribution in [3.05, 3.63) is 61.6 Å². The maximum atomic E-state index is 12.2. The average molecular weight is 416 g/mol. The highest BCUT2D eigenvalue weighted by Gasteiger charge is 2.15. The van der Waals surface area contributed by atoms with Crippen LogP contribution < -0.4 is 0 Å². The van der Waals surface area contributed by atoms with E-state index < -0.39 is 0 Å². The van der Waals surface area contributed by atoms with Gasteiger partial charge in [-0.25, -0.2) is 4.98 Å². The average Bonchev–Trinajstić information content (AvgIpc) is 3.41. The van der Waals surface area contributed by atoms with E-state index in [4.69, 9.17) is 16.6 Å². The number of carbonyl (C=O) groups excluding carboxylic acids is 1. The number of rotatable bonds is 6. The number of benzene rings is 1. The molecule has 0 aliphatic carbocycles. The number of amidine groups is 1. The molecule has 0 N–H and O–H groups in total. The molecular weight excluding hydrogens is 398 g/mol. The van der Waals surface area contributed by atoms with Crippen LogP contribution in [0.25, 0.3) is 11.3 Å². The maximum Gasteiger partial charge on any atom is 0.173 e. The first kappa shape index (κ1) is 18.3. The van der Waals surface area contributed by atoms with Crippen LogP contribution in [-0.2, 0) is 6.42 Å². The summed E-state index contributed by atoms with van der Waals surface area (Å²) in [6.45, 7) is 1.84. The summed E-state index contributed by atoms with van der Waals surface area (Å²) in [6.07, 6.45) is 1.10. The molecule has 0 unspecified atom stereocenters. The Labute approximate surface area is 171 Å². The topological polar surface area (TPSA) is 45.6 Å². The highest BCUT2D eigenvalue weighted by Crippen LogP contribution is 2.26. The highest BCUT2D eigenvalue weighted by molar-refractivity contribution is 7.18. The van der Waals surface area contributed by atoms with Crippen molar-refractivity contribution in [1.29, 1.82) is 0 Å². The van der Waals surface area contributed by atoms with Gasteiger partial charge in [0.15, 0.2) is 5.78 Å². The molecule has 0 atom stereocenters. The largest absolute Gasteiger partial charge is 0.358 e. The van der Waals surface area contributed by atoms with Gasteiger partial charge in [0.2, 0.25) is 0 Å². The van der Waals surface area contributed by atoms with Crippen LogP contribution in [0.4, 0.5) is 0 Å². The summed E-state index contributed by atoms with van der Waals surface area (Å²) in [7, 11) is 2.07. The Bertz CT molecular complexity index is 991. The fraction of sp³-hybridized carbons (Fsp3) is 0.250. The lowest BCUT2D eigenvalue weighted by Crippen LogP contribution is -2.23. The number of nitrogens with zero attached hydrogens (tertiary/aromatic N) is 3. The third-order valence-corrected chi connectivity index (χ3v) is 6.64. The van der Waals surface area contributed by atoms with Crippen LogP contribution in [0.5, 0.6) is 0 Å². The molecule has 1 aliphatic rings. The molecule has 0 saturated heterocycles. The number of aryl methyl sites for hydroxylation is 1. The van der Waals surface area contributed by atoms with E-state index in [0.717, 1.165) is 40.8 Å². The van der Waals surface area contributed by atoms with Crippen LogP contribution in [0.3, 0.4) is 0 Å². The van der Waals surface area contributed by atoms with E-state index in [1.807, 2.05) is 0 Å². The van der Waals surface area contributed by atoms with Gasteiger partial charge in [-0.1, -0.05) is 35.9 Å². The Kier molecular flexibility index (Phi) is 5.38. The molecule has 0 radical (unpaired) electrons. The lowest BCUT2D eigenvalue weighted by molar-refractivity contribution is 0.0986. The molecule has 1 aromatic carbocycles. The van der Waals surface area contributed by atoms with E-state index >= 15 is 0 Å². The zero-order valence-corrected chi connectivity index (χ0v) is 17.2. The minimum atomic E-state index is 0.120. The number of hydrogen-bond donors (Lipinski definition) is 0. The minimum Gasteiger partial charge on any atom is -0.358 e. The van der Waals surface area contributed by atoms with Gasteiger partial charge in [0, 0.05) is 42.9 Å². The number of halogens is 1. The van der Waals surface area contributed by atoms with Crippen molar-refractivity contribution in [3.63, 3.8) is 0 Å². The Hall–Kier alpha value is -2.02. The van der Waals surface area contributed by atoms with Gasteiger partial charge >= 0.3 is 0 Å². The van der Waals surface area contributed by atoms with Crippen LogP contribution in [-0.4, -0.2) is 41.6 Å². The molecule has 3 aromatic rings. The molecule has 4 rings (SSSR count). The molecule has 0 saturated carbocycles. The molecule has 0 bridgehead atoms. The van der Waals surface area contributed by atoms with Crippen molar-refractivity contribution in [2.24, 2.45) is 4.99 Å². The number of thiazole rings is 1. The van der Waals surface area contributed by atoms with Crippen molar-refractivity contribution in [2.45, 2.75) is 12.8 Å². The van der Waals surface area contributed by atoms with Gasteiger partial charge in [-0.15, -0.1) is 22.7 Å². The number of likely N-dealkylation sites (N-methyl/N-ethyl adjacent to an activating group) is 1. The molecule has 3 heterocycles. The van der Waals surface area contributed by atoms with Crippen LogP contribution in [0, 0.1) is 0 Å². The summed E-state index contributed by atoms with van der Waals surface area (Å²) in [6, 6.07) is 11.9. The number of ketones is 1. The zero-order chi connectivity index (χ0) is 18.8. The SMILES string of the molecule is CN1CCN=C1c1ccc(-c2csc(CCC(=O)c3ccc(Cl)s3)n2)cc1. The molecular formula is C20H18ClN3OS2. The first-order valence-electron chi connectivity index (χ1n) is 8.69. The van der Waals surface area contributed by atoms with Gasteiger partial charge in [0.25, 0.3) is 0 Å².